The van der Waals surface area contributed by atoms with Gasteiger partial charge in [-0.3, -0.25) is 0 Å². The van der Waals surface area contributed by atoms with Crippen LogP contribution in [0.15, 0.2) is 24.3 Å². The van der Waals surface area contributed by atoms with Gasteiger partial charge < -0.3 is 9.47 Å². The van der Waals surface area contributed by atoms with Crippen molar-refractivity contribution in [1.82, 2.24) is 0 Å². The molecule has 1 heterocycles. The SMILES string of the molecule is COC1CC(C)Oc2ccccc21. The molecular formula is C11H14O2. The molecule has 0 fully saturated rings. The summed E-state index contributed by atoms with van der Waals surface area (Å²) < 4.78 is 11.1. The molecule has 2 nitrogen and oxygen atoms in total. The van der Waals surface area contributed by atoms with Gasteiger partial charge in [0, 0.05) is 19.1 Å². The van der Waals surface area contributed by atoms with Crippen molar-refractivity contribution in [3.05, 3.63) is 29.8 Å². The van der Waals surface area contributed by atoms with E-state index in [0.717, 1.165) is 12.2 Å². The van der Waals surface area contributed by atoms with Gasteiger partial charge in [-0.2, -0.15) is 0 Å². The molecule has 0 radical (unpaired) electrons. The fourth-order valence-electron chi connectivity index (χ4n) is 1.77. The second-order valence-corrected chi connectivity index (χ2v) is 3.43. The van der Waals surface area contributed by atoms with Crippen LogP contribution in [0.5, 0.6) is 5.75 Å². The van der Waals surface area contributed by atoms with Crippen LogP contribution in [0.3, 0.4) is 0 Å². The smallest absolute Gasteiger partial charge is 0.125 e. The Bertz CT molecular complexity index is 296. The first kappa shape index (κ1) is 8.57. The highest BCUT2D eigenvalue weighted by atomic mass is 16.5. The van der Waals surface area contributed by atoms with Crippen LogP contribution in [0.4, 0.5) is 0 Å². The van der Waals surface area contributed by atoms with Crippen LogP contribution in [-0.4, -0.2) is 13.2 Å². The van der Waals surface area contributed by atoms with Crippen LogP contribution in [0.1, 0.15) is 25.0 Å². The Balaban J connectivity index is 2.37. The van der Waals surface area contributed by atoms with Crippen molar-refractivity contribution in [2.45, 2.75) is 25.6 Å². The van der Waals surface area contributed by atoms with Crippen molar-refractivity contribution in [1.29, 1.82) is 0 Å². The van der Waals surface area contributed by atoms with Crippen LogP contribution >= 0.6 is 0 Å². The average Bonchev–Trinajstić information content (AvgIpc) is 2.16. The zero-order valence-corrected chi connectivity index (χ0v) is 7.99. The molecule has 70 valence electrons. The summed E-state index contributed by atoms with van der Waals surface area (Å²) in [5, 5.41) is 0. The van der Waals surface area contributed by atoms with E-state index in [4.69, 9.17) is 9.47 Å². The molecule has 1 aromatic rings. The van der Waals surface area contributed by atoms with Gasteiger partial charge in [-0.05, 0) is 13.0 Å². The molecule has 0 N–H and O–H groups in total. The first-order valence-corrected chi connectivity index (χ1v) is 4.59. The average molecular weight is 178 g/mol. The Morgan fingerprint density at radius 2 is 2.15 bits per heavy atom. The summed E-state index contributed by atoms with van der Waals surface area (Å²) in [6, 6.07) is 8.07. The van der Waals surface area contributed by atoms with Crippen LogP contribution in [-0.2, 0) is 4.74 Å². The normalized spacial score (nSPS) is 26.3. The van der Waals surface area contributed by atoms with E-state index in [-0.39, 0.29) is 12.2 Å². The summed E-state index contributed by atoms with van der Waals surface area (Å²) >= 11 is 0. The van der Waals surface area contributed by atoms with E-state index >= 15 is 0 Å². The molecule has 0 amide bonds. The van der Waals surface area contributed by atoms with Gasteiger partial charge in [0.15, 0.2) is 0 Å². The Hall–Kier alpha value is -1.02. The minimum Gasteiger partial charge on any atom is -0.490 e. The van der Waals surface area contributed by atoms with Gasteiger partial charge in [-0.15, -0.1) is 0 Å². The summed E-state index contributed by atoms with van der Waals surface area (Å²) in [6.07, 6.45) is 1.38. The highest BCUT2D eigenvalue weighted by molar-refractivity contribution is 5.36. The van der Waals surface area contributed by atoms with E-state index in [1.54, 1.807) is 7.11 Å². The molecule has 2 heteroatoms. The van der Waals surface area contributed by atoms with E-state index in [2.05, 4.69) is 13.0 Å². The van der Waals surface area contributed by atoms with E-state index in [1.807, 2.05) is 18.2 Å². The molecule has 0 bridgehead atoms. The number of hydrogen-bond acceptors (Lipinski definition) is 2. The molecule has 2 atom stereocenters. The third-order valence-electron chi connectivity index (χ3n) is 2.42. The van der Waals surface area contributed by atoms with Crippen molar-refractivity contribution >= 4 is 0 Å². The molecule has 1 aliphatic rings. The largest absolute Gasteiger partial charge is 0.490 e. The minimum atomic E-state index is 0.194. The van der Waals surface area contributed by atoms with Crippen molar-refractivity contribution in [2.24, 2.45) is 0 Å². The standard InChI is InChI=1S/C11H14O2/c1-8-7-11(12-2)9-5-3-4-6-10(9)13-8/h3-6,8,11H,7H2,1-2H3. The number of benzene rings is 1. The maximum Gasteiger partial charge on any atom is 0.125 e. The molecule has 1 aromatic carbocycles. The topological polar surface area (TPSA) is 18.5 Å². The maximum atomic E-state index is 5.68. The van der Waals surface area contributed by atoms with Crippen molar-refractivity contribution in [3.8, 4) is 5.75 Å². The number of methoxy groups -OCH3 is 1. The molecule has 0 spiro atoms. The first-order chi connectivity index (χ1) is 6.31. The van der Waals surface area contributed by atoms with Gasteiger partial charge in [0.25, 0.3) is 0 Å². The fourth-order valence-corrected chi connectivity index (χ4v) is 1.77. The molecule has 1 aliphatic heterocycles. The molecule has 13 heavy (non-hydrogen) atoms. The van der Waals surface area contributed by atoms with Gasteiger partial charge in [-0.1, -0.05) is 18.2 Å². The summed E-state index contributed by atoms with van der Waals surface area (Å²) in [7, 11) is 1.75. The Morgan fingerprint density at radius 1 is 1.38 bits per heavy atom. The summed E-state index contributed by atoms with van der Waals surface area (Å²) in [4.78, 5) is 0. The minimum absolute atomic E-state index is 0.194. The van der Waals surface area contributed by atoms with Crippen LogP contribution in [0.2, 0.25) is 0 Å². The molecule has 0 saturated carbocycles. The number of hydrogen-bond donors (Lipinski definition) is 0. The summed E-state index contributed by atoms with van der Waals surface area (Å²) in [5.41, 5.74) is 1.17. The van der Waals surface area contributed by atoms with Crippen LogP contribution in [0.25, 0.3) is 0 Å². The number of fused-ring (bicyclic) bond motifs is 1. The molecule has 2 rings (SSSR count). The third kappa shape index (κ3) is 1.54. The predicted octanol–water partition coefficient (Wildman–Crippen LogP) is 2.55. The van der Waals surface area contributed by atoms with Gasteiger partial charge in [0.2, 0.25) is 0 Å². The van der Waals surface area contributed by atoms with Crippen molar-refractivity contribution in [2.75, 3.05) is 7.11 Å². The lowest BCUT2D eigenvalue weighted by atomic mass is 10.00. The lowest BCUT2D eigenvalue weighted by Crippen LogP contribution is -2.23. The maximum absolute atomic E-state index is 5.68. The van der Waals surface area contributed by atoms with E-state index in [9.17, 15) is 0 Å². The molecule has 0 saturated heterocycles. The van der Waals surface area contributed by atoms with Crippen LogP contribution < -0.4 is 4.74 Å². The Kier molecular flexibility index (Phi) is 2.23. The van der Waals surface area contributed by atoms with E-state index in [1.165, 1.54) is 5.56 Å². The van der Waals surface area contributed by atoms with Crippen molar-refractivity contribution in [3.63, 3.8) is 0 Å². The second kappa shape index (κ2) is 3.38. The highest BCUT2D eigenvalue weighted by Gasteiger charge is 2.24. The zero-order valence-electron chi connectivity index (χ0n) is 7.99. The molecule has 0 aliphatic carbocycles. The first-order valence-electron chi connectivity index (χ1n) is 4.59. The molecule has 0 aromatic heterocycles. The fraction of sp³-hybridized carbons (Fsp3) is 0.455. The summed E-state index contributed by atoms with van der Waals surface area (Å²) in [6.45, 7) is 2.07. The van der Waals surface area contributed by atoms with Gasteiger partial charge >= 0.3 is 0 Å². The zero-order chi connectivity index (χ0) is 9.26. The van der Waals surface area contributed by atoms with Gasteiger partial charge in [0.05, 0.1) is 12.2 Å². The molecular weight excluding hydrogens is 164 g/mol. The highest BCUT2D eigenvalue weighted by Crippen LogP contribution is 2.35. The quantitative estimate of drug-likeness (QED) is 0.658. The Labute approximate surface area is 78.5 Å². The lowest BCUT2D eigenvalue weighted by Gasteiger charge is -2.29. The predicted molar refractivity (Wildman–Crippen MR) is 50.9 cm³/mol. The molecule has 2 unspecified atom stereocenters. The lowest BCUT2D eigenvalue weighted by molar-refractivity contribution is 0.0368. The summed E-state index contributed by atoms with van der Waals surface area (Å²) in [5.74, 6) is 0.966. The monoisotopic (exact) mass is 178 g/mol. The second-order valence-electron chi connectivity index (χ2n) is 3.43. The Morgan fingerprint density at radius 3 is 2.92 bits per heavy atom. The third-order valence-corrected chi connectivity index (χ3v) is 2.42. The number of ether oxygens (including phenoxy) is 2. The van der Waals surface area contributed by atoms with Gasteiger partial charge in [0.1, 0.15) is 5.75 Å². The number of para-hydroxylation sites is 1. The van der Waals surface area contributed by atoms with Crippen molar-refractivity contribution < 1.29 is 9.47 Å². The van der Waals surface area contributed by atoms with Gasteiger partial charge in [-0.25, -0.2) is 0 Å². The van der Waals surface area contributed by atoms with E-state index < -0.39 is 0 Å². The number of rotatable bonds is 1. The van der Waals surface area contributed by atoms with Crippen LogP contribution in [0, 0.1) is 0 Å². The van der Waals surface area contributed by atoms with E-state index in [0.29, 0.717) is 0 Å².